The van der Waals surface area contributed by atoms with Crippen LogP contribution in [0.3, 0.4) is 0 Å². The molecule has 0 aliphatic carbocycles. The van der Waals surface area contributed by atoms with Crippen molar-refractivity contribution in [2.45, 2.75) is 26.7 Å². The van der Waals surface area contributed by atoms with Crippen LogP contribution in [0.1, 0.15) is 37.0 Å². The molecule has 1 aromatic rings. The fraction of sp³-hybridized carbons (Fsp3) is 0.545. The van der Waals surface area contributed by atoms with E-state index in [9.17, 15) is 4.79 Å². The van der Waals surface area contributed by atoms with Crippen LogP contribution in [0.2, 0.25) is 5.15 Å². The fourth-order valence-electron chi connectivity index (χ4n) is 1.44. The van der Waals surface area contributed by atoms with Crippen LogP contribution < -0.4 is 5.32 Å². The van der Waals surface area contributed by atoms with Crippen LogP contribution in [0, 0.1) is 5.92 Å². The van der Waals surface area contributed by atoms with Crippen molar-refractivity contribution in [3.63, 3.8) is 0 Å². The maximum Gasteiger partial charge on any atom is 0.156 e. The highest BCUT2D eigenvalue weighted by atomic mass is 35.5. The molecule has 0 aliphatic rings. The molecule has 0 fully saturated rings. The number of carbonyl (C=O) groups is 1. The monoisotopic (exact) mass is 241 g/mol. The van der Waals surface area contributed by atoms with Gasteiger partial charge in [0.25, 0.3) is 0 Å². The summed E-state index contributed by atoms with van der Waals surface area (Å²) in [6.07, 6.45) is 4.22. The van der Waals surface area contributed by atoms with E-state index in [1.54, 1.807) is 0 Å². The molecule has 1 heterocycles. The summed E-state index contributed by atoms with van der Waals surface area (Å²) in [5.41, 5.74) is 0.329. The number of rotatable bonds is 6. The van der Waals surface area contributed by atoms with Gasteiger partial charge in [0.1, 0.15) is 17.3 Å². The lowest BCUT2D eigenvalue weighted by Gasteiger charge is -2.14. The molecule has 0 saturated carbocycles. The second-order valence-electron chi connectivity index (χ2n) is 3.61. The highest BCUT2D eigenvalue weighted by molar-refractivity contribution is 6.32. The van der Waals surface area contributed by atoms with Crippen LogP contribution >= 0.6 is 11.6 Å². The molecule has 0 aliphatic heterocycles. The molecule has 0 atom stereocenters. The Labute approximate surface area is 100 Å². The highest BCUT2D eigenvalue weighted by Crippen LogP contribution is 2.18. The predicted molar refractivity (Wildman–Crippen MR) is 65.0 cm³/mol. The Bertz CT molecular complexity index is 353. The first-order valence-electron chi connectivity index (χ1n) is 5.42. The summed E-state index contributed by atoms with van der Waals surface area (Å²) in [7, 11) is 0. The van der Waals surface area contributed by atoms with Gasteiger partial charge >= 0.3 is 0 Å². The van der Waals surface area contributed by atoms with Gasteiger partial charge in [-0.3, -0.25) is 4.79 Å². The second kappa shape index (κ2) is 6.43. The molecule has 1 rings (SSSR count). The van der Waals surface area contributed by atoms with E-state index in [1.165, 1.54) is 6.33 Å². The van der Waals surface area contributed by atoms with E-state index in [4.69, 9.17) is 11.6 Å². The van der Waals surface area contributed by atoms with Gasteiger partial charge in [-0.2, -0.15) is 0 Å². The van der Waals surface area contributed by atoms with E-state index in [2.05, 4.69) is 29.1 Å². The topological polar surface area (TPSA) is 54.9 Å². The summed E-state index contributed by atoms with van der Waals surface area (Å²) in [6, 6.07) is 0. The average molecular weight is 242 g/mol. The Morgan fingerprint density at radius 3 is 2.69 bits per heavy atom. The standard InChI is InChI=1S/C11H16ClN3O/c1-3-8(4-2)5-13-11-9(6-16)10(12)14-7-15-11/h6-8H,3-5H2,1-2H3,(H,13,14,15). The molecule has 1 N–H and O–H groups in total. The Hall–Kier alpha value is -1.16. The summed E-state index contributed by atoms with van der Waals surface area (Å²) in [6.45, 7) is 5.08. The van der Waals surface area contributed by atoms with Gasteiger partial charge in [0, 0.05) is 6.54 Å². The van der Waals surface area contributed by atoms with Gasteiger partial charge in [-0.25, -0.2) is 9.97 Å². The molecule has 0 saturated heterocycles. The zero-order valence-corrected chi connectivity index (χ0v) is 10.3. The third kappa shape index (κ3) is 3.17. The van der Waals surface area contributed by atoms with Gasteiger partial charge < -0.3 is 5.32 Å². The number of halogens is 1. The molecule has 0 amide bonds. The van der Waals surface area contributed by atoms with Gasteiger partial charge in [0.15, 0.2) is 6.29 Å². The molecule has 4 nitrogen and oxygen atoms in total. The molecule has 1 aromatic heterocycles. The second-order valence-corrected chi connectivity index (χ2v) is 3.97. The Morgan fingerprint density at radius 2 is 2.12 bits per heavy atom. The molecular formula is C11H16ClN3O. The van der Waals surface area contributed by atoms with Crippen molar-refractivity contribution in [2.24, 2.45) is 5.92 Å². The fourth-order valence-corrected chi connectivity index (χ4v) is 1.62. The van der Waals surface area contributed by atoms with Gasteiger partial charge in [-0.05, 0) is 5.92 Å². The van der Waals surface area contributed by atoms with E-state index < -0.39 is 0 Å². The van der Waals surface area contributed by atoms with Crippen LogP contribution in [-0.4, -0.2) is 22.8 Å². The van der Waals surface area contributed by atoms with E-state index in [-0.39, 0.29) is 5.15 Å². The lowest BCUT2D eigenvalue weighted by Crippen LogP contribution is -2.15. The van der Waals surface area contributed by atoms with E-state index in [0.29, 0.717) is 23.6 Å². The zero-order valence-electron chi connectivity index (χ0n) is 9.53. The number of hydrogen-bond acceptors (Lipinski definition) is 4. The smallest absolute Gasteiger partial charge is 0.156 e. The van der Waals surface area contributed by atoms with Crippen molar-refractivity contribution in [1.82, 2.24) is 9.97 Å². The first kappa shape index (κ1) is 12.9. The maximum atomic E-state index is 10.8. The van der Waals surface area contributed by atoms with Gasteiger partial charge in [0.2, 0.25) is 0 Å². The van der Waals surface area contributed by atoms with Crippen LogP contribution in [0.5, 0.6) is 0 Å². The van der Waals surface area contributed by atoms with E-state index in [0.717, 1.165) is 19.4 Å². The van der Waals surface area contributed by atoms with Gasteiger partial charge in [-0.1, -0.05) is 38.3 Å². The number of aromatic nitrogens is 2. The molecule has 0 aromatic carbocycles. The van der Waals surface area contributed by atoms with Crippen molar-refractivity contribution in [1.29, 1.82) is 0 Å². The van der Waals surface area contributed by atoms with Crippen molar-refractivity contribution in [3.05, 3.63) is 17.0 Å². The van der Waals surface area contributed by atoms with Crippen molar-refractivity contribution in [3.8, 4) is 0 Å². The number of aldehydes is 1. The molecular weight excluding hydrogens is 226 g/mol. The minimum Gasteiger partial charge on any atom is -0.369 e. The van der Waals surface area contributed by atoms with Crippen LogP contribution in [0.15, 0.2) is 6.33 Å². The minimum absolute atomic E-state index is 0.192. The molecule has 88 valence electrons. The number of nitrogens with one attached hydrogen (secondary N) is 1. The SMILES string of the molecule is CCC(CC)CNc1ncnc(Cl)c1C=O. The number of hydrogen-bond donors (Lipinski definition) is 1. The average Bonchev–Trinajstić information content (AvgIpc) is 2.30. The predicted octanol–water partition coefficient (Wildman–Crippen LogP) is 2.79. The largest absolute Gasteiger partial charge is 0.369 e. The van der Waals surface area contributed by atoms with Gasteiger partial charge in [0.05, 0.1) is 5.56 Å². The van der Waals surface area contributed by atoms with Gasteiger partial charge in [-0.15, -0.1) is 0 Å². The summed E-state index contributed by atoms with van der Waals surface area (Å²) >= 11 is 5.79. The lowest BCUT2D eigenvalue weighted by atomic mass is 10.0. The molecule has 0 unspecified atom stereocenters. The Morgan fingerprint density at radius 1 is 1.44 bits per heavy atom. The van der Waals surface area contributed by atoms with Crippen molar-refractivity contribution >= 4 is 23.7 Å². The molecule has 5 heteroatoms. The summed E-state index contributed by atoms with van der Waals surface area (Å²) < 4.78 is 0. The third-order valence-electron chi connectivity index (χ3n) is 2.67. The van der Waals surface area contributed by atoms with Crippen molar-refractivity contribution in [2.75, 3.05) is 11.9 Å². The normalized spacial score (nSPS) is 10.5. The number of nitrogens with zero attached hydrogens (tertiary/aromatic N) is 2. The van der Waals surface area contributed by atoms with Crippen LogP contribution in [0.25, 0.3) is 0 Å². The minimum atomic E-state index is 0.192. The molecule has 0 radical (unpaired) electrons. The quantitative estimate of drug-likeness (QED) is 0.615. The van der Waals surface area contributed by atoms with E-state index >= 15 is 0 Å². The maximum absolute atomic E-state index is 10.8. The Kier molecular flexibility index (Phi) is 5.19. The van der Waals surface area contributed by atoms with Crippen molar-refractivity contribution < 1.29 is 4.79 Å². The first-order valence-corrected chi connectivity index (χ1v) is 5.80. The zero-order chi connectivity index (χ0) is 12.0. The summed E-state index contributed by atoms with van der Waals surface area (Å²) in [5.74, 6) is 1.09. The Balaban J connectivity index is 2.73. The molecule has 0 spiro atoms. The van der Waals surface area contributed by atoms with E-state index in [1.807, 2.05) is 0 Å². The number of carbonyl (C=O) groups excluding carboxylic acids is 1. The summed E-state index contributed by atoms with van der Waals surface area (Å²) in [4.78, 5) is 18.6. The first-order chi connectivity index (χ1) is 7.72. The highest BCUT2D eigenvalue weighted by Gasteiger charge is 2.10. The third-order valence-corrected chi connectivity index (χ3v) is 2.97. The lowest BCUT2D eigenvalue weighted by molar-refractivity contribution is 0.112. The summed E-state index contributed by atoms with van der Waals surface area (Å²) in [5, 5.41) is 3.33. The number of anilines is 1. The van der Waals surface area contributed by atoms with Crippen LogP contribution in [-0.2, 0) is 0 Å². The van der Waals surface area contributed by atoms with Crippen LogP contribution in [0.4, 0.5) is 5.82 Å². The molecule has 16 heavy (non-hydrogen) atoms. The molecule has 0 bridgehead atoms.